The number of hydrogen-bond donors (Lipinski definition) is 0. The van der Waals surface area contributed by atoms with Crippen LogP contribution in [0.2, 0.25) is 0 Å². The predicted molar refractivity (Wildman–Crippen MR) is 28.6 cm³/mol. The first-order valence-electron chi connectivity index (χ1n) is 3.17. The molecule has 0 fully saturated rings. The zero-order valence-electron chi connectivity index (χ0n) is 6.43. The average molecular weight is 240 g/mol. The Balaban J connectivity index is 3.51. The summed E-state index contributed by atoms with van der Waals surface area (Å²) in [6, 6.07) is -5.29. The molecule has 1 rings (SSSR count). The summed E-state index contributed by atoms with van der Waals surface area (Å²) >= 11 is 0. The highest BCUT2D eigenvalue weighted by atomic mass is 19.4. The van der Waals surface area contributed by atoms with Crippen LogP contribution in [0.15, 0.2) is 4.42 Å². The molecule has 0 amide bonds. The topological polar surface area (TPSA) is 13.1 Å². The van der Waals surface area contributed by atoms with Gasteiger partial charge in [-0.15, -0.1) is 0 Å². The molecule has 1 aromatic rings. The van der Waals surface area contributed by atoms with Gasteiger partial charge in [-0.05, 0) is 0 Å². The smallest absolute Gasteiger partial charge is 0.403 e. The molecule has 0 aliphatic heterocycles. The molecule has 0 N–H and O–H groups in total. The molecule has 0 unspecified atom stereocenters. The van der Waals surface area contributed by atoms with E-state index in [9.17, 15) is 35.1 Å². The van der Waals surface area contributed by atoms with Crippen molar-refractivity contribution in [3.05, 3.63) is 23.2 Å². The molecule has 0 saturated heterocycles. The summed E-state index contributed by atoms with van der Waals surface area (Å²) in [4.78, 5) is 0. The third-order valence-corrected chi connectivity index (χ3v) is 1.39. The van der Waals surface area contributed by atoms with Crippen molar-refractivity contribution in [2.24, 2.45) is 0 Å². The predicted octanol–water partition coefficient (Wildman–Crippen LogP) is 3.60. The van der Waals surface area contributed by atoms with Crippen LogP contribution in [0.5, 0.6) is 0 Å². The fraction of sp³-hybridized carbons (Fsp3) is 0.333. The monoisotopic (exact) mass is 240 g/mol. The third-order valence-electron chi connectivity index (χ3n) is 1.39. The summed E-state index contributed by atoms with van der Waals surface area (Å²) in [5.41, 5.74) is -5.57. The van der Waals surface area contributed by atoms with E-state index in [0.29, 0.717) is 0 Å². The van der Waals surface area contributed by atoms with E-state index < -0.39 is 35.5 Å². The summed E-state index contributed by atoms with van der Waals surface area (Å²) < 4.78 is 98.9. The summed E-state index contributed by atoms with van der Waals surface area (Å²) in [5, 5.41) is 0. The van der Waals surface area contributed by atoms with Gasteiger partial charge in [0.1, 0.15) is 11.1 Å². The van der Waals surface area contributed by atoms with Gasteiger partial charge < -0.3 is 4.42 Å². The van der Waals surface area contributed by atoms with E-state index >= 15 is 0 Å². The van der Waals surface area contributed by atoms with Crippen molar-refractivity contribution in [1.29, 1.82) is 0 Å². The third kappa shape index (κ3) is 2.05. The molecule has 15 heavy (non-hydrogen) atoms. The standard InChI is InChI=1S/C6F8O/c7-3-1(5(9,10)11)2(4(8)15-3)6(12,13)14. The molecule has 86 valence electrons. The maximum Gasteiger partial charge on any atom is 0.423 e. The number of hydrogen-bond acceptors (Lipinski definition) is 1. The molecule has 0 aromatic carbocycles. The van der Waals surface area contributed by atoms with Crippen LogP contribution in [0.25, 0.3) is 0 Å². The highest BCUT2D eigenvalue weighted by molar-refractivity contribution is 5.29. The largest absolute Gasteiger partial charge is 0.423 e. The first-order valence-corrected chi connectivity index (χ1v) is 3.17. The van der Waals surface area contributed by atoms with E-state index in [4.69, 9.17) is 0 Å². The summed E-state index contributed by atoms with van der Waals surface area (Å²) in [5.74, 6) is 0. The first kappa shape index (κ1) is 11.8. The molecule has 9 heteroatoms. The SMILES string of the molecule is Fc1oc(F)c(C(F)(F)F)c1C(F)(F)F. The van der Waals surface area contributed by atoms with Gasteiger partial charge in [0.25, 0.3) is 12.0 Å². The molecule has 1 nitrogen and oxygen atoms in total. The number of furan rings is 1. The number of rotatable bonds is 0. The maximum absolute atomic E-state index is 12.3. The Bertz CT molecular complexity index is 335. The van der Waals surface area contributed by atoms with E-state index in [1.165, 1.54) is 0 Å². The Labute approximate surface area is 76.3 Å². The quantitative estimate of drug-likeness (QED) is 0.631. The second kappa shape index (κ2) is 3.11. The van der Waals surface area contributed by atoms with Crippen molar-refractivity contribution in [2.45, 2.75) is 12.4 Å². The average Bonchev–Trinajstić information content (AvgIpc) is 2.22. The molecule has 0 aliphatic carbocycles. The second-order valence-corrected chi connectivity index (χ2v) is 2.39. The van der Waals surface area contributed by atoms with E-state index in [1.807, 2.05) is 0 Å². The van der Waals surface area contributed by atoms with Crippen LogP contribution in [0, 0.1) is 12.0 Å². The van der Waals surface area contributed by atoms with E-state index in [2.05, 4.69) is 4.42 Å². The van der Waals surface area contributed by atoms with Crippen molar-refractivity contribution in [3.8, 4) is 0 Å². The van der Waals surface area contributed by atoms with Crippen LogP contribution in [0.1, 0.15) is 11.1 Å². The van der Waals surface area contributed by atoms with Gasteiger partial charge in [0.2, 0.25) is 0 Å². The lowest BCUT2D eigenvalue weighted by molar-refractivity contribution is -0.164. The van der Waals surface area contributed by atoms with Gasteiger partial charge in [-0.1, -0.05) is 0 Å². The Hall–Kier alpha value is -1.28. The first-order chi connectivity index (χ1) is 6.55. The fourth-order valence-corrected chi connectivity index (χ4v) is 0.884. The lowest BCUT2D eigenvalue weighted by atomic mass is 10.2. The molecule has 0 radical (unpaired) electrons. The van der Waals surface area contributed by atoms with Gasteiger partial charge >= 0.3 is 12.4 Å². The van der Waals surface area contributed by atoms with Gasteiger partial charge in [-0.25, -0.2) is 0 Å². The minimum atomic E-state index is -5.68. The van der Waals surface area contributed by atoms with Gasteiger partial charge in [0.05, 0.1) is 0 Å². The molecular weight excluding hydrogens is 240 g/mol. The van der Waals surface area contributed by atoms with Crippen LogP contribution in [0.4, 0.5) is 35.1 Å². The Morgan fingerprint density at radius 2 is 0.933 bits per heavy atom. The summed E-state index contributed by atoms with van der Waals surface area (Å²) in [6.07, 6.45) is -11.4. The molecule has 0 atom stereocenters. The van der Waals surface area contributed by atoms with Crippen LogP contribution < -0.4 is 0 Å². The van der Waals surface area contributed by atoms with Crippen molar-refractivity contribution in [2.75, 3.05) is 0 Å². The fourth-order valence-electron chi connectivity index (χ4n) is 0.884. The van der Waals surface area contributed by atoms with Gasteiger partial charge in [0, 0.05) is 0 Å². The minimum Gasteiger partial charge on any atom is -0.403 e. The molecule has 1 aromatic heterocycles. The van der Waals surface area contributed by atoms with Crippen molar-refractivity contribution < 1.29 is 39.5 Å². The molecule has 0 spiro atoms. The normalized spacial score (nSPS) is 13.3. The maximum atomic E-state index is 12.3. The van der Waals surface area contributed by atoms with E-state index in [0.717, 1.165) is 0 Å². The van der Waals surface area contributed by atoms with Crippen molar-refractivity contribution in [1.82, 2.24) is 0 Å². The summed E-state index contributed by atoms with van der Waals surface area (Å²) in [7, 11) is 0. The van der Waals surface area contributed by atoms with Crippen LogP contribution in [-0.2, 0) is 12.4 Å². The zero-order valence-corrected chi connectivity index (χ0v) is 6.43. The highest BCUT2D eigenvalue weighted by Crippen LogP contribution is 2.43. The lowest BCUT2D eigenvalue weighted by Crippen LogP contribution is -2.16. The minimum absolute atomic E-state index is 2.65. The van der Waals surface area contributed by atoms with E-state index in [-0.39, 0.29) is 0 Å². The van der Waals surface area contributed by atoms with Crippen molar-refractivity contribution in [3.63, 3.8) is 0 Å². The van der Waals surface area contributed by atoms with Crippen LogP contribution >= 0.6 is 0 Å². The van der Waals surface area contributed by atoms with Crippen molar-refractivity contribution >= 4 is 0 Å². The Kier molecular flexibility index (Phi) is 2.44. The zero-order chi connectivity index (χ0) is 12.0. The van der Waals surface area contributed by atoms with Crippen LogP contribution in [-0.4, -0.2) is 0 Å². The van der Waals surface area contributed by atoms with E-state index in [1.54, 1.807) is 0 Å². The summed E-state index contributed by atoms with van der Waals surface area (Å²) in [6.45, 7) is 0. The Morgan fingerprint density at radius 3 is 1.13 bits per heavy atom. The number of alkyl halides is 6. The number of halogens is 8. The van der Waals surface area contributed by atoms with Gasteiger partial charge in [0.15, 0.2) is 0 Å². The molecular formula is C6F8O. The van der Waals surface area contributed by atoms with Gasteiger partial charge in [-0.3, -0.25) is 0 Å². The second-order valence-electron chi connectivity index (χ2n) is 2.39. The molecule has 1 heterocycles. The Morgan fingerprint density at radius 1 is 0.667 bits per heavy atom. The van der Waals surface area contributed by atoms with Crippen LogP contribution in [0.3, 0.4) is 0 Å². The molecule has 0 bridgehead atoms. The van der Waals surface area contributed by atoms with Gasteiger partial charge in [-0.2, -0.15) is 35.1 Å². The molecule has 0 aliphatic rings. The lowest BCUT2D eigenvalue weighted by Gasteiger charge is -2.08. The molecule has 0 saturated carbocycles. The highest BCUT2D eigenvalue weighted by Gasteiger charge is 2.51.